The van der Waals surface area contributed by atoms with Crippen LogP contribution in [0.5, 0.6) is 0 Å². The lowest BCUT2D eigenvalue weighted by Crippen LogP contribution is -2.41. The van der Waals surface area contributed by atoms with Crippen molar-refractivity contribution in [3.05, 3.63) is 35.4 Å². The van der Waals surface area contributed by atoms with Crippen molar-refractivity contribution in [1.29, 1.82) is 0 Å². The van der Waals surface area contributed by atoms with Crippen molar-refractivity contribution in [2.45, 2.75) is 45.2 Å². The number of carbonyl (C=O) groups excluding carboxylic acids is 2. The third-order valence-corrected chi connectivity index (χ3v) is 5.98. The number of nitrogens with one attached hydrogen (secondary N) is 1. The van der Waals surface area contributed by atoms with E-state index in [0.717, 1.165) is 30.5 Å². The van der Waals surface area contributed by atoms with E-state index in [0.29, 0.717) is 37.9 Å². The van der Waals surface area contributed by atoms with Gasteiger partial charge in [0.05, 0.1) is 11.5 Å². The molecule has 2 aliphatic rings. The smallest absolute Gasteiger partial charge is 0.355 e. The van der Waals surface area contributed by atoms with Crippen molar-refractivity contribution in [1.82, 2.24) is 10.2 Å². The van der Waals surface area contributed by atoms with Crippen LogP contribution in [-0.4, -0.2) is 36.3 Å². The van der Waals surface area contributed by atoms with Gasteiger partial charge in [-0.15, -0.1) is 0 Å². The molecule has 3 rings (SSSR count). The van der Waals surface area contributed by atoms with E-state index in [-0.39, 0.29) is 23.7 Å². The van der Waals surface area contributed by atoms with E-state index < -0.39 is 11.7 Å². The highest BCUT2D eigenvalue weighted by atomic mass is 19.4. The van der Waals surface area contributed by atoms with E-state index >= 15 is 0 Å². The average molecular weight is 396 g/mol. The van der Waals surface area contributed by atoms with Crippen molar-refractivity contribution in [2.75, 3.05) is 19.6 Å². The Labute approximate surface area is 163 Å². The van der Waals surface area contributed by atoms with Gasteiger partial charge >= 0.3 is 6.18 Å². The van der Waals surface area contributed by atoms with Gasteiger partial charge in [0.2, 0.25) is 11.8 Å². The number of carbonyl (C=O) groups is 2. The summed E-state index contributed by atoms with van der Waals surface area (Å²) in [6, 6.07) is 5.41. The van der Waals surface area contributed by atoms with Crippen LogP contribution in [0.15, 0.2) is 24.3 Å². The third kappa shape index (κ3) is 4.33. The summed E-state index contributed by atoms with van der Waals surface area (Å²) in [7, 11) is 0. The first-order valence-corrected chi connectivity index (χ1v) is 9.98. The van der Waals surface area contributed by atoms with Gasteiger partial charge in [0.15, 0.2) is 0 Å². The van der Waals surface area contributed by atoms with Crippen LogP contribution in [0.2, 0.25) is 0 Å². The van der Waals surface area contributed by atoms with Crippen LogP contribution in [0, 0.1) is 17.8 Å². The Hall–Kier alpha value is -2.05. The summed E-state index contributed by atoms with van der Waals surface area (Å²) in [6.07, 6.45) is -2.32. The van der Waals surface area contributed by atoms with Crippen molar-refractivity contribution < 1.29 is 22.8 Å². The molecular weight excluding hydrogens is 369 g/mol. The van der Waals surface area contributed by atoms with Crippen molar-refractivity contribution in [2.24, 2.45) is 17.8 Å². The standard InChI is InChI=1S/C21H27F3N2O2/c1-3-5-14(10-25-18(27)4-2)20(28)26-11-16-17(12-26)19(16)13-6-8-15(9-7-13)21(22,23)24/h6-9,14,16-17,19H,3-5,10-12H2,1-2H3,(H,25,27)/t14-,16-,17+,19+/m1/s1. The molecule has 1 saturated heterocycles. The maximum atomic E-state index is 12.9. The summed E-state index contributed by atoms with van der Waals surface area (Å²) < 4.78 is 38.1. The molecule has 4 atom stereocenters. The van der Waals surface area contributed by atoms with Gasteiger partial charge < -0.3 is 10.2 Å². The molecule has 1 aliphatic carbocycles. The molecule has 1 aromatic rings. The molecule has 0 unspecified atom stereocenters. The van der Waals surface area contributed by atoms with Crippen molar-refractivity contribution >= 4 is 11.8 Å². The summed E-state index contributed by atoms with van der Waals surface area (Å²) in [4.78, 5) is 26.2. The second-order valence-electron chi connectivity index (χ2n) is 7.86. The number of benzene rings is 1. The zero-order valence-corrected chi connectivity index (χ0v) is 16.3. The zero-order chi connectivity index (χ0) is 20.5. The molecule has 1 heterocycles. The fourth-order valence-corrected chi connectivity index (χ4v) is 4.38. The molecule has 7 heteroatoms. The maximum absolute atomic E-state index is 12.9. The van der Waals surface area contributed by atoms with E-state index in [2.05, 4.69) is 5.32 Å². The topological polar surface area (TPSA) is 49.4 Å². The number of hydrogen-bond donors (Lipinski definition) is 1. The first-order chi connectivity index (χ1) is 13.3. The van der Waals surface area contributed by atoms with E-state index in [9.17, 15) is 22.8 Å². The Morgan fingerprint density at radius 2 is 1.75 bits per heavy atom. The predicted octanol–water partition coefficient (Wildman–Crippen LogP) is 3.82. The molecule has 1 N–H and O–H groups in total. The largest absolute Gasteiger partial charge is 0.416 e. The molecule has 0 aromatic heterocycles. The number of halogens is 3. The van der Waals surface area contributed by atoms with Crippen LogP contribution in [0.25, 0.3) is 0 Å². The molecule has 2 fully saturated rings. The molecule has 1 saturated carbocycles. The SMILES string of the molecule is CCC[C@H](CNC(=O)CC)C(=O)N1C[C@@H]2[C@H](C1)[C@H]2c1ccc(C(F)(F)F)cc1. The molecule has 28 heavy (non-hydrogen) atoms. The second-order valence-corrected chi connectivity index (χ2v) is 7.86. The van der Waals surface area contributed by atoms with Gasteiger partial charge in [-0.3, -0.25) is 9.59 Å². The summed E-state index contributed by atoms with van der Waals surface area (Å²) in [5, 5.41) is 2.82. The van der Waals surface area contributed by atoms with Gasteiger partial charge in [0, 0.05) is 26.1 Å². The van der Waals surface area contributed by atoms with Crippen molar-refractivity contribution in [3.63, 3.8) is 0 Å². The molecule has 2 amide bonds. The number of hydrogen-bond acceptors (Lipinski definition) is 2. The monoisotopic (exact) mass is 396 g/mol. The predicted molar refractivity (Wildman–Crippen MR) is 99.4 cm³/mol. The molecule has 4 nitrogen and oxygen atoms in total. The average Bonchev–Trinajstić information content (AvgIpc) is 3.16. The Morgan fingerprint density at radius 3 is 2.25 bits per heavy atom. The Kier molecular flexibility index (Phi) is 6.01. The van der Waals surface area contributed by atoms with Crippen LogP contribution < -0.4 is 5.32 Å². The second kappa shape index (κ2) is 8.13. The number of likely N-dealkylation sites (tertiary alicyclic amines) is 1. The Balaban J connectivity index is 1.55. The fraction of sp³-hybridized carbons (Fsp3) is 0.619. The minimum atomic E-state index is -4.32. The first kappa shape index (κ1) is 20.7. The van der Waals surface area contributed by atoms with Crippen LogP contribution in [0.3, 0.4) is 0 Å². The quantitative estimate of drug-likeness (QED) is 0.762. The number of piperidine rings is 1. The first-order valence-electron chi connectivity index (χ1n) is 9.98. The lowest BCUT2D eigenvalue weighted by atomic mass is 10.0. The molecule has 1 aromatic carbocycles. The summed E-state index contributed by atoms with van der Waals surface area (Å²) in [6.45, 7) is 5.47. The zero-order valence-electron chi connectivity index (χ0n) is 16.3. The fourth-order valence-electron chi connectivity index (χ4n) is 4.38. The van der Waals surface area contributed by atoms with Gasteiger partial charge in [-0.2, -0.15) is 13.2 Å². The van der Waals surface area contributed by atoms with Gasteiger partial charge in [0.25, 0.3) is 0 Å². The molecule has 0 radical (unpaired) electrons. The lowest BCUT2D eigenvalue weighted by Gasteiger charge is -2.26. The molecular formula is C21H27F3N2O2. The number of fused-ring (bicyclic) bond motifs is 1. The van der Waals surface area contributed by atoms with Gasteiger partial charge in [-0.25, -0.2) is 0 Å². The van der Waals surface area contributed by atoms with Gasteiger partial charge in [-0.05, 0) is 41.9 Å². The van der Waals surface area contributed by atoms with E-state index in [1.807, 2.05) is 11.8 Å². The molecule has 1 aliphatic heterocycles. The number of alkyl halides is 3. The normalized spacial score (nSPS) is 24.6. The Bertz CT molecular complexity index is 705. The highest BCUT2D eigenvalue weighted by Gasteiger charge is 2.57. The van der Waals surface area contributed by atoms with E-state index in [1.165, 1.54) is 0 Å². The summed E-state index contributed by atoms with van der Waals surface area (Å²) in [5.41, 5.74) is 0.297. The number of rotatable bonds is 7. The molecule has 0 spiro atoms. The van der Waals surface area contributed by atoms with E-state index in [4.69, 9.17) is 0 Å². The summed E-state index contributed by atoms with van der Waals surface area (Å²) in [5.74, 6) is 0.719. The van der Waals surface area contributed by atoms with Gasteiger partial charge in [-0.1, -0.05) is 32.4 Å². The van der Waals surface area contributed by atoms with Crippen LogP contribution >= 0.6 is 0 Å². The highest BCUT2D eigenvalue weighted by Crippen LogP contribution is 2.58. The summed E-state index contributed by atoms with van der Waals surface area (Å²) >= 11 is 0. The van der Waals surface area contributed by atoms with Crippen molar-refractivity contribution in [3.8, 4) is 0 Å². The lowest BCUT2D eigenvalue weighted by molar-refractivity contribution is -0.138. The molecule has 0 bridgehead atoms. The Morgan fingerprint density at radius 1 is 1.14 bits per heavy atom. The minimum Gasteiger partial charge on any atom is -0.355 e. The molecule has 154 valence electrons. The van der Waals surface area contributed by atoms with Crippen LogP contribution in [0.4, 0.5) is 13.2 Å². The third-order valence-electron chi connectivity index (χ3n) is 5.98. The van der Waals surface area contributed by atoms with E-state index in [1.54, 1.807) is 19.1 Å². The highest BCUT2D eigenvalue weighted by molar-refractivity contribution is 5.81. The van der Waals surface area contributed by atoms with Crippen LogP contribution in [0.1, 0.15) is 50.2 Å². The van der Waals surface area contributed by atoms with Gasteiger partial charge in [0.1, 0.15) is 0 Å². The maximum Gasteiger partial charge on any atom is 0.416 e. The number of nitrogens with zero attached hydrogens (tertiary/aromatic N) is 1. The minimum absolute atomic E-state index is 0.0551. The van der Waals surface area contributed by atoms with Crippen LogP contribution in [-0.2, 0) is 15.8 Å². The number of amides is 2.